The lowest BCUT2D eigenvalue weighted by Crippen LogP contribution is -2.22. The van der Waals surface area contributed by atoms with Crippen molar-refractivity contribution < 1.29 is 19.4 Å². The number of hydrogen-bond donors (Lipinski definition) is 2. The molecule has 1 aromatic carbocycles. The summed E-state index contributed by atoms with van der Waals surface area (Å²) in [7, 11) is 1.50. The number of aromatic hydroxyl groups is 1. The highest BCUT2D eigenvalue weighted by atomic mass is 16.5. The average molecular weight is 251 g/mol. The molecule has 0 saturated carbocycles. The van der Waals surface area contributed by atoms with Gasteiger partial charge in [0, 0.05) is 13.5 Å². The molecule has 5 nitrogen and oxygen atoms in total. The molecule has 0 spiro atoms. The first-order chi connectivity index (χ1) is 8.45. The van der Waals surface area contributed by atoms with Gasteiger partial charge in [-0.05, 0) is 31.0 Å². The Kier molecular flexibility index (Phi) is 4.71. The number of ketones is 1. The van der Waals surface area contributed by atoms with Crippen molar-refractivity contribution >= 4 is 11.7 Å². The maximum absolute atomic E-state index is 11.3. The van der Waals surface area contributed by atoms with Gasteiger partial charge in [-0.15, -0.1) is 0 Å². The number of nitrogens with one attached hydrogen (secondary N) is 1. The molecule has 0 bridgehead atoms. The lowest BCUT2D eigenvalue weighted by atomic mass is 10.0. The highest BCUT2D eigenvalue weighted by molar-refractivity contribution is 5.97. The van der Waals surface area contributed by atoms with Crippen LogP contribution in [0, 0.1) is 0 Å². The topological polar surface area (TPSA) is 75.6 Å². The van der Waals surface area contributed by atoms with E-state index in [1.807, 2.05) is 0 Å². The molecule has 0 fully saturated rings. The van der Waals surface area contributed by atoms with Gasteiger partial charge in [-0.3, -0.25) is 9.59 Å². The van der Waals surface area contributed by atoms with Crippen molar-refractivity contribution in [3.05, 3.63) is 23.3 Å². The number of amides is 1. The second-order valence-corrected chi connectivity index (χ2v) is 3.97. The van der Waals surface area contributed by atoms with Gasteiger partial charge in [0.1, 0.15) is 11.5 Å². The van der Waals surface area contributed by atoms with Crippen LogP contribution in [-0.4, -0.2) is 30.5 Å². The van der Waals surface area contributed by atoms with Gasteiger partial charge in [0.15, 0.2) is 5.78 Å². The smallest absolute Gasteiger partial charge is 0.216 e. The maximum atomic E-state index is 11.3. The van der Waals surface area contributed by atoms with Crippen molar-refractivity contribution in [1.82, 2.24) is 5.32 Å². The fourth-order valence-corrected chi connectivity index (χ4v) is 1.65. The SMILES string of the molecule is COc1cc(C(C)=O)c(O)cc1CCNC(C)=O. The summed E-state index contributed by atoms with van der Waals surface area (Å²) in [6.07, 6.45) is 0.522. The molecule has 0 aliphatic carbocycles. The summed E-state index contributed by atoms with van der Waals surface area (Å²) in [5.74, 6) is 0.127. The van der Waals surface area contributed by atoms with Gasteiger partial charge in [-0.2, -0.15) is 0 Å². The lowest BCUT2D eigenvalue weighted by Gasteiger charge is -2.11. The van der Waals surface area contributed by atoms with E-state index in [9.17, 15) is 14.7 Å². The summed E-state index contributed by atoms with van der Waals surface area (Å²) in [6, 6.07) is 3.01. The van der Waals surface area contributed by atoms with E-state index < -0.39 is 0 Å². The van der Waals surface area contributed by atoms with E-state index in [0.717, 1.165) is 5.56 Å². The predicted molar refractivity (Wildman–Crippen MR) is 67.1 cm³/mol. The Hall–Kier alpha value is -2.04. The highest BCUT2D eigenvalue weighted by Gasteiger charge is 2.12. The minimum atomic E-state index is -0.223. The number of Topliss-reactive ketones (excluding diaryl/α,β-unsaturated/α-hetero) is 1. The van der Waals surface area contributed by atoms with E-state index in [1.54, 1.807) is 0 Å². The van der Waals surface area contributed by atoms with Gasteiger partial charge in [0.25, 0.3) is 0 Å². The number of carbonyl (C=O) groups excluding carboxylic acids is 2. The van der Waals surface area contributed by atoms with E-state index >= 15 is 0 Å². The zero-order chi connectivity index (χ0) is 13.7. The number of phenols is 1. The Morgan fingerprint density at radius 1 is 1.33 bits per heavy atom. The zero-order valence-corrected chi connectivity index (χ0v) is 10.7. The first-order valence-electron chi connectivity index (χ1n) is 5.61. The van der Waals surface area contributed by atoms with Crippen LogP contribution in [0.1, 0.15) is 29.8 Å². The Balaban J connectivity index is 2.94. The second kappa shape index (κ2) is 6.05. The number of phenolic OH excluding ortho intramolecular Hbond substituents is 1. The van der Waals surface area contributed by atoms with E-state index in [4.69, 9.17) is 4.74 Å². The van der Waals surface area contributed by atoms with Crippen LogP contribution < -0.4 is 10.1 Å². The van der Waals surface area contributed by atoms with Gasteiger partial charge in [0.2, 0.25) is 5.91 Å². The molecule has 0 atom stereocenters. The molecular weight excluding hydrogens is 234 g/mol. The van der Waals surface area contributed by atoms with E-state index in [2.05, 4.69) is 5.32 Å². The summed E-state index contributed by atoms with van der Waals surface area (Å²) in [4.78, 5) is 22.0. The van der Waals surface area contributed by atoms with Crippen LogP contribution in [0.15, 0.2) is 12.1 Å². The van der Waals surface area contributed by atoms with Crippen LogP contribution in [-0.2, 0) is 11.2 Å². The summed E-state index contributed by atoms with van der Waals surface area (Å²) in [6.45, 7) is 3.27. The third-order valence-electron chi connectivity index (χ3n) is 2.55. The minimum Gasteiger partial charge on any atom is -0.507 e. The molecule has 0 radical (unpaired) electrons. The second-order valence-electron chi connectivity index (χ2n) is 3.97. The monoisotopic (exact) mass is 251 g/mol. The van der Waals surface area contributed by atoms with Crippen molar-refractivity contribution in [3.8, 4) is 11.5 Å². The number of methoxy groups -OCH3 is 1. The molecule has 0 unspecified atom stereocenters. The molecule has 0 saturated heterocycles. The molecule has 5 heteroatoms. The van der Waals surface area contributed by atoms with Crippen LogP contribution in [0.2, 0.25) is 0 Å². The molecule has 0 heterocycles. The van der Waals surface area contributed by atoms with E-state index in [0.29, 0.717) is 18.7 Å². The Bertz CT molecular complexity index is 468. The summed E-state index contributed by atoms with van der Waals surface area (Å²) in [5.41, 5.74) is 0.976. The van der Waals surface area contributed by atoms with Crippen molar-refractivity contribution in [3.63, 3.8) is 0 Å². The molecular formula is C13H17NO4. The van der Waals surface area contributed by atoms with Crippen molar-refractivity contribution in [2.24, 2.45) is 0 Å². The van der Waals surface area contributed by atoms with Crippen molar-refractivity contribution in [1.29, 1.82) is 0 Å². The molecule has 1 rings (SSSR count). The summed E-state index contributed by atoms with van der Waals surface area (Å²) in [5, 5.41) is 12.4. The van der Waals surface area contributed by atoms with Crippen LogP contribution in [0.25, 0.3) is 0 Å². The van der Waals surface area contributed by atoms with E-state index in [-0.39, 0.29) is 23.0 Å². The molecule has 98 valence electrons. The minimum absolute atomic E-state index is 0.0684. The zero-order valence-electron chi connectivity index (χ0n) is 10.7. The molecule has 1 aromatic rings. The first kappa shape index (κ1) is 14.0. The number of ether oxygens (including phenoxy) is 1. The third-order valence-corrected chi connectivity index (χ3v) is 2.55. The van der Waals surface area contributed by atoms with Crippen LogP contribution in [0.5, 0.6) is 11.5 Å². The normalized spacial score (nSPS) is 9.94. The van der Waals surface area contributed by atoms with E-state index in [1.165, 1.54) is 33.1 Å². The fraction of sp³-hybridized carbons (Fsp3) is 0.385. The number of hydrogen-bond acceptors (Lipinski definition) is 4. The Labute approximate surface area is 106 Å². The molecule has 2 N–H and O–H groups in total. The molecule has 0 aliphatic rings. The van der Waals surface area contributed by atoms with Gasteiger partial charge in [-0.1, -0.05) is 0 Å². The molecule has 0 aromatic heterocycles. The quantitative estimate of drug-likeness (QED) is 0.773. The number of rotatable bonds is 5. The number of benzene rings is 1. The standard InChI is InChI=1S/C13H17NO4/c1-8(15)11-7-13(18-3)10(6-12(11)17)4-5-14-9(2)16/h6-7,17H,4-5H2,1-3H3,(H,14,16). The largest absolute Gasteiger partial charge is 0.507 e. The lowest BCUT2D eigenvalue weighted by molar-refractivity contribution is -0.118. The van der Waals surface area contributed by atoms with Gasteiger partial charge >= 0.3 is 0 Å². The Morgan fingerprint density at radius 2 is 2.00 bits per heavy atom. The first-order valence-corrected chi connectivity index (χ1v) is 5.61. The fourth-order valence-electron chi connectivity index (χ4n) is 1.65. The maximum Gasteiger partial charge on any atom is 0.216 e. The van der Waals surface area contributed by atoms with Gasteiger partial charge in [0.05, 0.1) is 12.7 Å². The van der Waals surface area contributed by atoms with Crippen LogP contribution >= 0.6 is 0 Å². The van der Waals surface area contributed by atoms with Crippen molar-refractivity contribution in [2.75, 3.05) is 13.7 Å². The molecule has 1 amide bonds. The summed E-state index contributed by atoms with van der Waals surface area (Å²) >= 11 is 0. The highest BCUT2D eigenvalue weighted by Crippen LogP contribution is 2.28. The molecule has 18 heavy (non-hydrogen) atoms. The van der Waals surface area contributed by atoms with Crippen LogP contribution in [0.3, 0.4) is 0 Å². The third kappa shape index (κ3) is 3.48. The van der Waals surface area contributed by atoms with Crippen LogP contribution in [0.4, 0.5) is 0 Å². The number of carbonyl (C=O) groups is 2. The Morgan fingerprint density at radius 3 is 2.50 bits per heavy atom. The van der Waals surface area contributed by atoms with Crippen molar-refractivity contribution in [2.45, 2.75) is 20.3 Å². The van der Waals surface area contributed by atoms with Gasteiger partial charge in [-0.25, -0.2) is 0 Å². The summed E-state index contributed by atoms with van der Waals surface area (Å²) < 4.78 is 5.17. The molecule has 0 aliphatic heterocycles. The average Bonchev–Trinajstić information content (AvgIpc) is 2.28. The van der Waals surface area contributed by atoms with Gasteiger partial charge < -0.3 is 15.2 Å². The predicted octanol–water partition coefficient (Wildman–Crippen LogP) is 1.28.